The zero-order valence-electron chi connectivity index (χ0n) is 14.7. The number of hydrogen-bond donors (Lipinski definition) is 1. The third-order valence-electron chi connectivity index (χ3n) is 4.00. The highest BCUT2D eigenvalue weighted by Crippen LogP contribution is 2.24. The van der Waals surface area contributed by atoms with Crippen LogP contribution < -0.4 is 10.1 Å². The fourth-order valence-electron chi connectivity index (χ4n) is 2.54. The molecule has 0 spiro atoms. The molecule has 0 aliphatic carbocycles. The molecule has 2 aromatic rings. The molecule has 2 rings (SSSR count). The number of carbonyl (C=O) groups is 1. The van der Waals surface area contributed by atoms with Gasteiger partial charge in [-0.15, -0.1) is 0 Å². The molecule has 0 heterocycles. The number of ether oxygens (including phenoxy) is 2. The van der Waals surface area contributed by atoms with E-state index in [-0.39, 0.29) is 5.91 Å². The average Bonchev–Trinajstić information content (AvgIpc) is 2.61. The van der Waals surface area contributed by atoms with Gasteiger partial charge in [0.15, 0.2) is 6.10 Å². The molecular weight excluding hydrogens is 302 g/mol. The Bertz CT molecular complexity index is 665. The highest BCUT2D eigenvalue weighted by atomic mass is 16.5. The molecule has 0 fully saturated rings. The van der Waals surface area contributed by atoms with E-state index < -0.39 is 6.10 Å². The molecule has 0 saturated heterocycles. The lowest BCUT2D eigenvalue weighted by Crippen LogP contribution is -2.27. The van der Waals surface area contributed by atoms with Gasteiger partial charge in [-0.2, -0.15) is 0 Å². The van der Waals surface area contributed by atoms with E-state index in [1.54, 1.807) is 7.05 Å². The highest BCUT2D eigenvalue weighted by molar-refractivity contribution is 5.82. The van der Waals surface area contributed by atoms with Gasteiger partial charge in [0, 0.05) is 14.2 Å². The minimum Gasteiger partial charge on any atom is -0.489 e. The smallest absolute Gasteiger partial charge is 0.253 e. The first-order chi connectivity index (χ1) is 11.6. The van der Waals surface area contributed by atoms with E-state index in [4.69, 9.17) is 9.47 Å². The van der Waals surface area contributed by atoms with Crippen molar-refractivity contribution in [2.75, 3.05) is 14.2 Å². The number of rotatable bonds is 7. The number of hydrogen-bond acceptors (Lipinski definition) is 3. The van der Waals surface area contributed by atoms with E-state index in [1.807, 2.05) is 36.4 Å². The Labute approximate surface area is 143 Å². The molecular formula is C20H25NO3. The number of amides is 1. The van der Waals surface area contributed by atoms with Gasteiger partial charge in [-0.05, 0) is 34.7 Å². The van der Waals surface area contributed by atoms with Crippen LogP contribution in [-0.2, 0) is 16.1 Å². The molecule has 24 heavy (non-hydrogen) atoms. The Morgan fingerprint density at radius 3 is 2.33 bits per heavy atom. The van der Waals surface area contributed by atoms with Crippen LogP contribution in [0.2, 0.25) is 0 Å². The summed E-state index contributed by atoms with van der Waals surface area (Å²) in [6.07, 6.45) is -0.641. The Morgan fingerprint density at radius 1 is 1.08 bits per heavy atom. The Balaban J connectivity index is 2.14. The molecule has 1 N–H and O–H groups in total. The third-order valence-corrected chi connectivity index (χ3v) is 4.00. The normalized spacial score (nSPS) is 12.0. The summed E-state index contributed by atoms with van der Waals surface area (Å²) in [6.45, 7) is 4.71. The summed E-state index contributed by atoms with van der Waals surface area (Å²) >= 11 is 0. The van der Waals surface area contributed by atoms with Gasteiger partial charge in [-0.1, -0.05) is 50.2 Å². The molecule has 1 atom stereocenters. The summed E-state index contributed by atoms with van der Waals surface area (Å²) in [4.78, 5) is 12.0. The van der Waals surface area contributed by atoms with Crippen molar-refractivity contribution in [3.8, 4) is 5.75 Å². The summed E-state index contributed by atoms with van der Waals surface area (Å²) in [6, 6.07) is 15.8. The van der Waals surface area contributed by atoms with Gasteiger partial charge in [0.1, 0.15) is 12.4 Å². The van der Waals surface area contributed by atoms with Crippen molar-refractivity contribution in [3.05, 3.63) is 65.2 Å². The highest BCUT2D eigenvalue weighted by Gasteiger charge is 2.21. The predicted molar refractivity (Wildman–Crippen MR) is 95.1 cm³/mol. The van der Waals surface area contributed by atoms with E-state index in [0.29, 0.717) is 12.5 Å². The third kappa shape index (κ3) is 4.36. The van der Waals surface area contributed by atoms with Crippen LogP contribution in [0.3, 0.4) is 0 Å². The van der Waals surface area contributed by atoms with Gasteiger partial charge in [-0.25, -0.2) is 0 Å². The van der Waals surface area contributed by atoms with Crippen LogP contribution in [0.5, 0.6) is 5.75 Å². The maximum atomic E-state index is 12.0. The van der Waals surface area contributed by atoms with E-state index in [0.717, 1.165) is 16.9 Å². The summed E-state index contributed by atoms with van der Waals surface area (Å²) in [5.74, 6) is 1.13. The molecule has 1 amide bonds. The zero-order valence-corrected chi connectivity index (χ0v) is 14.7. The van der Waals surface area contributed by atoms with Crippen molar-refractivity contribution in [1.82, 2.24) is 5.32 Å². The predicted octanol–water partition coefficient (Wildman–Crippen LogP) is 3.82. The van der Waals surface area contributed by atoms with Crippen LogP contribution in [0.25, 0.3) is 0 Å². The van der Waals surface area contributed by atoms with Gasteiger partial charge in [0.2, 0.25) is 0 Å². The summed E-state index contributed by atoms with van der Waals surface area (Å²) < 4.78 is 11.2. The van der Waals surface area contributed by atoms with Crippen molar-refractivity contribution in [2.45, 2.75) is 32.5 Å². The maximum Gasteiger partial charge on any atom is 0.253 e. The second kappa shape index (κ2) is 8.50. The number of carbonyl (C=O) groups excluding carboxylic acids is 1. The molecule has 4 nitrogen and oxygen atoms in total. The summed E-state index contributed by atoms with van der Waals surface area (Å²) in [5, 5.41) is 2.63. The molecule has 0 aliphatic rings. The van der Waals surface area contributed by atoms with Crippen LogP contribution in [0.4, 0.5) is 0 Å². The van der Waals surface area contributed by atoms with Crippen molar-refractivity contribution in [1.29, 1.82) is 0 Å². The summed E-state index contributed by atoms with van der Waals surface area (Å²) in [5.41, 5.74) is 3.03. The largest absolute Gasteiger partial charge is 0.489 e. The second-order valence-corrected chi connectivity index (χ2v) is 5.94. The first-order valence-electron chi connectivity index (χ1n) is 8.11. The molecule has 4 heteroatoms. The minimum atomic E-state index is -0.641. The molecule has 0 aliphatic heterocycles. The second-order valence-electron chi connectivity index (χ2n) is 5.94. The van der Waals surface area contributed by atoms with E-state index in [1.165, 1.54) is 12.7 Å². The lowest BCUT2D eigenvalue weighted by atomic mass is 10.0. The number of likely N-dealkylation sites (N-methyl/N-ethyl adjacent to an activating group) is 1. The van der Waals surface area contributed by atoms with Crippen molar-refractivity contribution >= 4 is 5.91 Å². The number of methoxy groups -OCH3 is 1. The fourth-order valence-corrected chi connectivity index (χ4v) is 2.54. The van der Waals surface area contributed by atoms with Gasteiger partial charge in [0.05, 0.1) is 0 Å². The molecule has 1 unspecified atom stereocenters. The van der Waals surface area contributed by atoms with Crippen molar-refractivity contribution in [3.63, 3.8) is 0 Å². The summed E-state index contributed by atoms with van der Waals surface area (Å²) in [7, 11) is 3.13. The lowest BCUT2D eigenvalue weighted by molar-refractivity contribution is -0.130. The van der Waals surface area contributed by atoms with Gasteiger partial charge in [-0.3, -0.25) is 4.79 Å². The Kier molecular flexibility index (Phi) is 6.38. The molecule has 128 valence electrons. The lowest BCUT2D eigenvalue weighted by Gasteiger charge is -2.18. The monoisotopic (exact) mass is 327 g/mol. The topological polar surface area (TPSA) is 47.6 Å². The molecule has 2 aromatic carbocycles. The first kappa shape index (κ1) is 18.0. The quantitative estimate of drug-likeness (QED) is 0.841. The maximum absolute atomic E-state index is 12.0. The van der Waals surface area contributed by atoms with Crippen LogP contribution in [0.1, 0.15) is 42.6 Å². The zero-order chi connectivity index (χ0) is 17.5. The van der Waals surface area contributed by atoms with Crippen molar-refractivity contribution < 1.29 is 14.3 Å². The number of benzene rings is 2. The van der Waals surface area contributed by atoms with Crippen LogP contribution >= 0.6 is 0 Å². The number of nitrogens with one attached hydrogen (secondary N) is 1. The van der Waals surface area contributed by atoms with Crippen LogP contribution in [0, 0.1) is 0 Å². The molecule has 0 bridgehead atoms. The van der Waals surface area contributed by atoms with Gasteiger partial charge < -0.3 is 14.8 Å². The average molecular weight is 327 g/mol. The Morgan fingerprint density at radius 2 is 1.75 bits per heavy atom. The Hall–Kier alpha value is -2.33. The van der Waals surface area contributed by atoms with E-state index in [9.17, 15) is 4.79 Å². The SMILES string of the molecule is CNC(=O)C(OC)c1ccccc1COc1ccc(C(C)C)cc1. The van der Waals surface area contributed by atoms with E-state index in [2.05, 4.69) is 31.3 Å². The first-order valence-corrected chi connectivity index (χ1v) is 8.11. The molecule has 0 saturated carbocycles. The van der Waals surface area contributed by atoms with Crippen LogP contribution in [0.15, 0.2) is 48.5 Å². The van der Waals surface area contributed by atoms with Crippen LogP contribution in [-0.4, -0.2) is 20.1 Å². The molecule has 0 radical (unpaired) electrons. The minimum absolute atomic E-state index is 0.175. The standard InChI is InChI=1S/C20H25NO3/c1-14(2)15-9-11-17(12-10-15)24-13-16-7-5-6-8-18(16)19(23-4)20(22)21-3/h5-12,14,19H,13H2,1-4H3,(H,21,22). The molecule has 0 aromatic heterocycles. The fraction of sp³-hybridized carbons (Fsp3) is 0.350. The van der Waals surface area contributed by atoms with Gasteiger partial charge in [0.25, 0.3) is 5.91 Å². The van der Waals surface area contributed by atoms with Gasteiger partial charge >= 0.3 is 0 Å². The van der Waals surface area contributed by atoms with E-state index >= 15 is 0 Å². The van der Waals surface area contributed by atoms with Crippen molar-refractivity contribution in [2.24, 2.45) is 0 Å².